The normalized spacial score (nSPS) is 10.4. The number of anilines is 2. The fourth-order valence-corrected chi connectivity index (χ4v) is 2.76. The summed E-state index contributed by atoms with van der Waals surface area (Å²) >= 11 is 0. The first-order valence-corrected chi connectivity index (χ1v) is 8.57. The van der Waals surface area contributed by atoms with Crippen molar-refractivity contribution >= 4 is 29.2 Å². The van der Waals surface area contributed by atoms with Gasteiger partial charge in [0.25, 0.3) is 5.56 Å². The highest BCUT2D eigenvalue weighted by molar-refractivity contribution is 6.43. The molecule has 3 aromatic rings. The molecule has 1 heterocycles. The second-order valence-electron chi connectivity index (χ2n) is 6.21. The van der Waals surface area contributed by atoms with Crippen LogP contribution in [0.25, 0.3) is 5.69 Å². The summed E-state index contributed by atoms with van der Waals surface area (Å²) in [6.07, 6.45) is 0. The molecule has 0 fully saturated rings. The topological polar surface area (TPSA) is 125 Å². The molecule has 2 aromatic carbocycles. The second kappa shape index (κ2) is 7.85. The van der Waals surface area contributed by atoms with Crippen LogP contribution >= 0.6 is 0 Å². The van der Waals surface area contributed by atoms with E-state index in [0.717, 1.165) is 0 Å². The van der Waals surface area contributed by atoms with Gasteiger partial charge in [-0.25, -0.2) is 4.68 Å². The van der Waals surface area contributed by atoms with Gasteiger partial charge in [0.2, 0.25) is 0 Å². The van der Waals surface area contributed by atoms with Crippen molar-refractivity contribution in [2.45, 2.75) is 6.92 Å². The lowest BCUT2D eigenvalue weighted by Gasteiger charge is -2.07. The standard InChI is InChI=1S/C20H18N4O5/c1-12-16(19(27)24(23(12)2)15-6-4-3-5-7-15)22-18(26)17(25)21-14-10-8-13(9-11-14)20(28)29/h3-11H,1-2H3,(H,21,25)(H,22,26)(H,28,29)/p-1. The SMILES string of the molecule is Cc1c(NC(=O)C(=O)Nc2ccc(C(=O)[O-])cc2)c(=O)n(-c2ccccc2)n1C. The molecule has 29 heavy (non-hydrogen) atoms. The molecule has 0 spiro atoms. The molecule has 148 valence electrons. The van der Waals surface area contributed by atoms with Crippen LogP contribution in [0.2, 0.25) is 0 Å². The third-order valence-electron chi connectivity index (χ3n) is 4.38. The van der Waals surface area contributed by atoms with Gasteiger partial charge in [0.15, 0.2) is 0 Å². The van der Waals surface area contributed by atoms with Gasteiger partial charge in [0, 0.05) is 12.7 Å². The molecule has 9 nitrogen and oxygen atoms in total. The number of nitrogens with zero attached hydrogens (tertiary/aromatic N) is 2. The van der Waals surface area contributed by atoms with E-state index >= 15 is 0 Å². The highest BCUT2D eigenvalue weighted by Gasteiger charge is 2.21. The van der Waals surface area contributed by atoms with Gasteiger partial charge in [-0.15, -0.1) is 0 Å². The number of benzene rings is 2. The molecular weight excluding hydrogens is 376 g/mol. The van der Waals surface area contributed by atoms with Gasteiger partial charge in [0.05, 0.1) is 17.4 Å². The Labute approximate surface area is 165 Å². The predicted octanol–water partition coefficient (Wildman–Crippen LogP) is 0.425. The molecule has 2 amide bonds. The molecule has 0 bridgehead atoms. The maximum Gasteiger partial charge on any atom is 0.314 e. The third kappa shape index (κ3) is 3.93. The van der Waals surface area contributed by atoms with Crippen LogP contribution in [0.1, 0.15) is 16.1 Å². The van der Waals surface area contributed by atoms with Gasteiger partial charge in [-0.3, -0.25) is 19.1 Å². The fraction of sp³-hybridized carbons (Fsp3) is 0.100. The minimum absolute atomic E-state index is 0.0104. The molecule has 0 aliphatic heterocycles. The van der Waals surface area contributed by atoms with Gasteiger partial charge in [-0.1, -0.05) is 30.3 Å². The van der Waals surface area contributed by atoms with Crippen molar-refractivity contribution in [3.05, 3.63) is 76.2 Å². The zero-order chi connectivity index (χ0) is 21.1. The first-order valence-electron chi connectivity index (χ1n) is 8.57. The summed E-state index contributed by atoms with van der Waals surface area (Å²) in [4.78, 5) is 47.9. The molecule has 9 heteroatoms. The van der Waals surface area contributed by atoms with E-state index in [1.54, 1.807) is 42.9 Å². The van der Waals surface area contributed by atoms with Crippen molar-refractivity contribution in [2.75, 3.05) is 10.6 Å². The van der Waals surface area contributed by atoms with E-state index in [2.05, 4.69) is 10.6 Å². The van der Waals surface area contributed by atoms with Crippen molar-refractivity contribution in [1.29, 1.82) is 0 Å². The number of carboxylic acids is 1. The number of para-hydroxylation sites is 1. The van der Waals surface area contributed by atoms with E-state index in [0.29, 0.717) is 11.4 Å². The van der Waals surface area contributed by atoms with Crippen LogP contribution in [-0.4, -0.2) is 27.1 Å². The summed E-state index contributed by atoms with van der Waals surface area (Å²) in [6.45, 7) is 1.65. The van der Waals surface area contributed by atoms with Crippen LogP contribution in [0.15, 0.2) is 59.4 Å². The number of hydrogen-bond donors (Lipinski definition) is 2. The maximum absolute atomic E-state index is 12.8. The highest BCUT2D eigenvalue weighted by Crippen LogP contribution is 2.14. The number of rotatable bonds is 4. The summed E-state index contributed by atoms with van der Waals surface area (Å²) in [5, 5.41) is 15.4. The van der Waals surface area contributed by atoms with E-state index in [9.17, 15) is 24.3 Å². The Morgan fingerprint density at radius 1 is 0.897 bits per heavy atom. The summed E-state index contributed by atoms with van der Waals surface area (Å²) < 4.78 is 2.95. The Morgan fingerprint density at radius 2 is 1.48 bits per heavy atom. The van der Waals surface area contributed by atoms with Crippen molar-refractivity contribution < 1.29 is 19.5 Å². The summed E-state index contributed by atoms with van der Waals surface area (Å²) in [5.41, 5.74) is 0.759. The average molecular weight is 393 g/mol. The first kappa shape index (κ1) is 19.6. The first-order chi connectivity index (χ1) is 13.8. The Morgan fingerprint density at radius 3 is 2.07 bits per heavy atom. The van der Waals surface area contributed by atoms with Gasteiger partial charge >= 0.3 is 11.8 Å². The molecular formula is C20H17N4O5-. The van der Waals surface area contributed by atoms with Gasteiger partial charge in [-0.05, 0) is 36.8 Å². The summed E-state index contributed by atoms with van der Waals surface area (Å²) in [7, 11) is 1.67. The van der Waals surface area contributed by atoms with Crippen molar-refractivity contribution in [3.8, 4) is 5.69 Å². The maximum atomic E-state index is 12.8. The van der Waals surface area contributed by atoms with Crippen LogP contribution in [0.4, 0.5) is 11.4 Å². The molecule has 3 rings (SSSR count). The zero-order valence-electron chi connectivity index (χ0n) is 15.6. The lowest BCUT2D eigenvalue weighted by Crippen LogP contribution is -2.31. The number of nitrogens with one attached hydrogen (secondary N) is 2. The predicted molar refractivity (Wildman–Crippen MR) is 104 cm³/mol. The highest BCUT2D eigenvalue weighted by atomic mass is 16.4. The number of hydrogen-bond acceptors (Lipinski definition) is 5. The van der Waals surface area contributed by atoms with Crippen molar-refractivity contribution in [2.24, 2.45) is 7.05 Å². The molecule has 1 aromatic heterocycles. The van der Waals surface area contributed by atoms with Gasteiger partial charge in [0.1, 0.15) is 5.69 Å². The number of carboxylic acid groups (broad SMARTS) is 1. The van der Waals surface area contributed by atoms with Gasteiger partial charge in [-0.2, -0.15) is 0 Å². The van der Waals surface area contributed by atoms with Crippen LogP contribution in [-0.2, 0) is 16.6 Å². The molecule has 0 atom stereocenters. The zero-order valence-corrected chi connectivity index (χ0v) is 15.6. The van der Waals surface area contributed by atoms with Crippen molar-refractivity contribution in [1.82, 2.24) is 9.36 Å². The van der Waals surface area contributed by atoms with E-state index in [-0.39, 0.29) is 16.9 Å². The number of carbonyl (C=O) groups excluding carboxylic acids is 3. The van der Waals surface area contributed by atoms with Crippen LogP contribution < -0.4 is 21.3 Å². The Bertz CT molecular complexity index is 1140. The molecule has 0 unspecified atom stereocenters. The lowest BCUT2D eigenvalue weighted by molar-refractivity contribution is -0.255. The third-order valence-corrected chi connectivity index (χ3v) is 4.38. The molecule has 0 radical (unpaired) electrons. The van der Waals surface area contributed by atoms with E-state index in [1.165, 1.54) is 28.9 Å². The smallest absolute Gasteiger partial charge is 0.314 e. The molecule has 0 aliphatic rings. The molecule has 0 saturated carbocycles. The molecule has 0 aliphatic carbocycles. The lowest BCUT2D eigenvalue weighted by atomic mass is 10.2. The summed E-state index contributed by atoms with van der Waals surface area (Å²) in [5.74, 6) is -3.38. The quantitative estimate of drug-likeness (QED) is 0.622. The average Bonchev–Trinajstić information content (AvgIpc) is 2.92. The second-order valence-corrected chi connectivity index (χ2v) is 6.21. The number of carbonyl (C=O) groups is 3. The molecule has 2 N–H and O–H groups in total. The number of aromatic carboxylic acids is 1. The van der Waals surface area contributed by atoms with Crippen LogP contribution in [0, 0.1) is 6.92 Å². The summed E-state index contributed by atoms with van der Waals surface area (Å²) in [6, 6.07) is 14.0. The fourth-order valence-electron chi connectivity index (χ4n) is 2.76. The monoisotopic (exact) mass is 393 g/mol. The van der Waals surface area contributed by atoms with Gasteiger partial charge < -0.3 is 20.5 Å². The Hall–Kier alpha value is -4.14. The van der Waals surface area contributed by atoms with Crippen LogP contribution in [0.5, 0.6) is 0 Å². The van der Waals surface area contributed by atoms with Crippen LogP contribution in [0.3, 0.4) is 0 Å². The van der Waals surface area contributed by atoms with Crippen molar-refractivity contribution in [3.63, 3.8) is 0 Å². The largest absolute Gasteiger partial charge is 0.545 e. The van der Waals surface area contributed by atoms with E-state index < -0.39 is 23.3 Å². The number of aromatic nitrogens is 2. The van der Waals surface area contributed by atoms with E-state index in [4.69, 9.17) is 0 Å². The Kier molecular flexibility index (Phi) is 5.31. The number of amides is 2. The Balaban J connectivity index is 1.79. The molecule has 0 saturated heterocycles. The minimum atomic E-state index is -1.35. The van der Waals surface area contributed by atoms with E-state index in [1.807, 2.05) is 6.07 Å². The minimum Gasteiger partial charge on any atom is -0.545 e.